The van der Waals surface area contributed by atoms with E-state index in [2.05, 4.69) is 6.58 Å². The topological polar surface area (TPSA) is 97.3 Å². The highest BCUT2D eigenvalue weighted by atomic mass is 16.4. The summed E-state index contributed by atoms with van der Waals surface area (Å²) >= 11 is 0. The van der Waals surface area contributed by atoms with E-state index in [0.717, 1.165) is 5.56 Å². The van der Waals surface area contributed by atoms with Crippen molar-refractivity contribution in [1.82, 2.24) is 0 Å². The lowest BCUT2D eigenvalue weighted by Crippen LogP contribution is -2.49. The van der Waals surface area contributed by atoms with Gasteiger partial charge >= 0.3 is 0 Å². The van der Waals surface area contributed by atoms with Gasteiger partial charge in [-0.05, 0) is 24.0 Å². The van der Waals surface area contributed by atoms with E-state index in [1.807, 2.05) is 6.07 Å². The summed E-state index contributed by atoms with van der Waals surface area (Å²) in [6.07, 6.45) is -0.137. The molecule has 0 aliphatic heterocycles. The maximum Gasteiger partial charge on any atom is 0.133 e. The van der Waals surface area contributed by atoms with Crippen LogP contribution in [0.2, 0.25) is 0 Å². The number of aliphatic carboxylic acids is 2. The van der Waals surface area contributed by atoms with Gasteiger partial charge in [0.1, 0.15) is 5.78 Å². The Labute approximate surface area is 129 Å². The first-order chi connectivity index (χ1) is 10.3. The minimum atomic E-state index is -1.94. The predicted octanol–water partition coefficient (Wildman–Crippen LogP) is 0.0308. The molecule has 5 nitrogen and oxygen atoms in total. The standard InChI is InChI=1S/C17H20O5/c1-3-14(18)11-17(16(21)22,12(2)15(19)20)10-9-13-7-5-4-6-8-13/h4-8H,2-3,9-11H2,1H3,(H,19,20)(H,21,22)/p-2. The van der Waals surface area contributed by atoms with Crippen LogP contribution in [-0.4, -0.2) is 17.7 Å². The Morgan fingerprint density at radius 3 is 2.18 bits per heavy atom. The lowest BCUT2D eigenvalue weighted by atomic mass is 9.72. The minimum absolute atomic E-state index is 0.0854. The first-order valence-electron chi connectivity index (χ1n) is 7.01. The van der Waals surface area contributed by atoms with Crippen molar-refractivity contribution in [2.24, 2.45) is 5.41 Å². The van der Waals surface area contributed by atoms with Crippen molar-refractivity contribution in [3.05, 3.63) is 48.0 Å². The van der Waals surface area contributed by atoms with Crippen LogP contribution >= 0.6 is 0 Å². The fourth-order valence-electron chi connectivity index (χ4n) is 2.30. The number of carbonyl (C=O) groups excluding carboxylic acids is 3. The van der Waals surface area contributed by atoms with Crippen LogP contribution in [0.25, 0.3) is 0 Å². The van der Waals surface area contributed by atoms with Gasteiger partial charge in [0, 0.05) is 18.3 Å². The summed E-state index contributed by atoms with van der Waals surface area (Å²) in [5.74, 6) is -3.65. The third-order valence-corrected chi connectivity index (χ3v) is 3.79. The molecule has 0 aliphatic carbocycles. The van der Waals surface area contributed by atoms with Gasteiger partial charge in [0.25, 0.3) is 0 Å². The number of aryl methyl sites for hydroxylation is 1. The molecule has 0 fully saturated rings. The molecule has 1 rings (SSSR count). The maximum atomic E-state index is 11.7. The van der Waals surface area contributed by atoms with E-state index in [-0.39, 0.29) is 25.0 Å². The number of carboxylic acid groups (broad SMARTS) is 2. The number of ketones is 1. The molecule has 0 spiro atoms. The molecule has 0 amide bonds. The molecule has 22 heavy (non-hydrogen) atoms. The molecule has 1 aromatic carbocycles. The van der Waals surface area contributed by atoms with Crippen LogP contribution in [0.4, 0.5) is 0 Å². The van der Waals surface area contributed by atoms with E-state index in [0.29, 0.717) is 0 Å². The summed E-state index contributed by atoms with van der Waals surface area (Å²) in [5, 5.41) is 22.7. The van der Waals surface area contributed by atoms with Gasteiger partial charge in [-0.3, -0.25) is 4.79 Å². The van der Waals surface area contributed by atoms with Gasteiger partial charge in [0.05, 0.1) is 11.9 Å². The molecule has 0 bridgehead atoms. The number of rotatable bonds is 9. The van der Waals surface area contributed by atoms with Crippen LogP contribution in [0.3, 0.4) is 0 Å². The molecule has 0 heterocycles. The summed E-state index contributed by atoms with van der Waals surface area (Å²) in [5.41, 5.74) is -1.73. The third-order valence-electron chi connectivity index (χ3n) is 3.79. The lowest BCUT2D eigenvalue weighted by Gasteiger charge is -2.37. The van der Waals surface area contributed by atoms with Gasteiger partial charge in [0.15, 0.2) is 0 Å². The van der Waals surface area contributed by atoms with E-state index >= 15 is 0 Å². The SMILES string of the molecule is C=C(C(=O)[O-])C(CCc1ccccc1)(CC(=O)CC)C(=O)[O-]. The van der Waals surface area contributed by atoms with Gasteiger partial charge in [-0.1, -0.05) is 43.8 Å². The van der Waals surface area contributed by atoms with E-state index in [1.54, 1.807) is 31.2 Å². The second-order valence-corrected chi connectivity index (χ2v) is 5.19. The normalized spacial score (nSPS) is 13.1. The monoisotopic (exact) mass is 302 g/mol. The smallest absolute Gasteiger partial charge is 0.133 e. The highest BCUT2D eigenvalue weighted by molar-refractivity contribution is 5.97. The third kappa shape index (κ3) is 4.04. The molecule has 0 aromatic heterocycles. The average molecular weight is 302 g/mol. The molecular formula is C17H18O5-2. The zero-order valence-corrected chi connectivity index (χ0v) is 12.5. The van der Waals surface area contributed by atoms with E-state index < -0.39 is 29.3 Å². The van der Waals surface area contributed by atoms with Gasteiger partial charge in [-0.25, -0.2) is 0 Å². The Morgan fingerprint density at radius 1 is 1.14 bits per heavy atom. The van der Waals surface area contributed by atoms with Crippen LogP contribution in [-0.2, 0) is 20.8 Å². The van der Waals surface area contributed by atoms with Crippen molar-refractivity contribution < 1.29 is 24.6 Å². The number of carboxylic acids is 2. The zero-order valence-electron chi connectivity index (χ0n) is 12.5. The second kappa shape index (κ2) is 7.54. The van der Waals surface area contributed by atoms with Gasteiger partial charge in [-0.15, -0.1) is 0 Å². The first kappa shape index (κ1) is 17.6. The highest BCUT2D eigenvalue weighted by Gasteiger charge is 2.37. The maximum absolute atomic E-state index is 11.7. The minimum Gasteiger partial charge on any atom is -0.549 e. The summed E-state index contributed by atoms with van der Waals surface area (Å²) in [4.78, 5) is 34.5. The van der Waals surface area contributed by atoms with Crippen molar-refractivity contribution in [3.63, 3.8) is 0 Å². The van der Waals surface area contributed by atoms with Crippen molar-refractivity contribution in [1.29, 1.82) is 0 Å². The van der Waals surface area contributed by atoms with Crippen molar-refractivity contribution in [2.45, 2.75) is 32.6 Å². The molecule has 0 saturated heterocycles. The highest BCUT2D eigenvalue weighted by Crippen LogP contribution is 2.36. The Balaban J connectivity index is 3.12. The van der Waals surface area contributed by atoms with Gasteiger partial charge < -0.3 is 19.8 Å². The molecule has 0 aliphatic rings. The second-order valence-electron chi connectivity index (χ2n) is 5.19. The molecular weight excluding hydrogens is 284 g/mol. The van der Waals surface area contributed by atoms with Gasteiger partial charge in [0.2, 0.25) is 0 Å². The van der Waals surface area contributed by atoms with E-state index in [1.165, 1.54) is 0 Å². The summed E-state index contributed by atoms with van der Waals surface area (Å²) in [7, 11) is 0. The number of hydrogen-bond donors (Lipinski definition) is 0. The van der Waals surface area contributed by atoms with Crippen molar-refractivity contribution >= 4 is 17.7 Å². The Hall–Kier alpha value is -2.43. The number of hydrogen-bond acceptors (Lipinski definition) is 5. The summed E-state index contributed by atoms with van der Waals surface area (Å²) in [6, 6.07) is 8.99. The van der Waals surface area contributed by atoms with Crippen LogP contribution in [0.5, 0.6) is 0 Å². The fourth-order valence-corrected chi connectivity index (χ4v) is 2.30. The number of benzene rings is 1. The zero-order chi connectivity index (χ0) is 16.8. The van der Waals surface area contributed by atoms with Crippen molar-refractivity contribution in [2.75, 3.05) is 0 Å². The summed E-state index contributed by atoms with van der Waals surface area (Å²) < 4.78 is 0. The molecule has 0 radical (unpaired) electrons. The Morgan fingerprint density at radius 2 is 1.73 bits per heavy atom. The largest absolute Gasteiger partial charge is 0.549 e. The molecule has 0 saturated carbocycles. The summed E-state index contributed by atoms with van der Waals surface area (Å²) in [6.45, 7) is 4.90. The lowest BCUT2D eigenvalue weighted by molar-refractivity contribution is -0.322. The molecule has 118 valence electrons. The molecule has 1 atom stereocenters. The van der Waals surface area contributed by atoms with Crippen molar-refractivity contribution in [3.8, 4) is 0 Å². The van der Waals surface area contributed by atoms with Crippen LogP contribution < -0.4 is 10.2 Å². The number of Topliss-reactive ketones (excluding diaryl/α,β-unsaturated/α-hetero) is 1. The molecule has 1 unspecified atom stereocenters. The Bertz CT molecular complexity index is 576. The first-order valence-corrected chi connectivity index (χ1v) is 7.01. The van der Waals surface area contributed by atoms with Crippen LogP contribution in [0.15, 0.2) is 42.5 Å². The molecule has 5 heteroatoms. The average Bonchev–Trinajstić information content (AvgIpc) is 2.51. The quantitative estimate of drug-likeness (QED) is 0.599. The van der Waals surface area contributed by atoms with Gasteiger partial charge in [-0.2, -0.15) is 0 Å². The molecule has 0 N–H and O–H groups in total. The van der Waals surface area contributed by atoms with E-state index in [9.17, 15) is 24.6 Å². The Kier molecular flexibility index (Phi) is 6.04. The predicted molar refractivity (Wildman–Crippen MR) is 76.3 cm³/mol. The molecule has 1 aromatic rings. The van der Waals surface area contributed by atoms with Crippen LogP contribution in [0, 0.1) is 5.41 Å². The van der Waals surface area contributed by atoms with Crippen LogP contribution in [0.1, 0.15) is 31.7 Å². The fraction of sp³-hybridized carbons (Fsp3) is 0.353. The number of carbonyl (C=O) groups is 3. The van der Waals surface area contributed by atoms with E-state index in [4.69, 9.17) is 0 Å².